The fraction of sp³-hybridized carbons (Fsp3) is 0.235. The van der Waals surface area contributed by atoms with Crippen LogP contribution >= 0.6 is 12.2 Å². The van der Waals surface area contributed by atoms with Gasteiger partial charge in [-0.2, -0.15) is 0 Å². The number of aryl methyl sites for hydroxylation is 3. The van der Waals surface area contributed by atoms with Crippen molar-refractivity contribution in [2.45, 2.75) is 27.7 Å². The van der Waals surface area contributed by atoms with Crippen LogP contribution in [-0.2, 0) is 0 Å². The highest BCUT2D eigenvalue weighted by molar-refractivity contribution is 7.71. The van der Waals surface area contributed by atoms with E-state index in [1.165, 1.54) is 5.56 Å². The van der Waals surface area contributed by atoms with Gasteiger partial charge >= 0.3 is 0 Å². The molecule has 1 N–H and O–H groups in total. The van der Waals surface area contributed by atoms with Gasteiger partial charge in [-0.1, -0.05) is 12.1 Å². The molecule has 0 spiro atoms. The Labute approximate surface area is 133 Å². The first kappa shape index (κ1) is 14.7. The minimum Gasteiger partial charge on any atom is -0.298 e. The topological polar surface area (TPSA) is 50.7 Å². The Morgan fingerprint density at radius 3 is 2.59 bits per heavy atom. The van der Waals surface area contributed by atoms with E-state index in [0.29, 0.717) is 15.8 Å². The first-order valence-corrected chi connectivity index (χ1v) is 7.51. The van der Waals surface area contributed by atoms with Crippen LogP contribution in [0, 0.1) is 32.5 Å². The fourth-order valence-corrected chi connectivity index (χ4v) is 3.05. The van der Waals surface area contributed by atoms with Crippen molar-refractivity contribution >= 4 is 23.3 Å². The first-order chi connectivity index (χ1) is 10.4. The van der Waals surface area contributed by atoms with Crippen molar-refractivity contribution in [3.05, 3.63) is 61.8 Å². The predicted molar refractivity (Wildman–Crippen MR) is 91.5 cm³/mol. The number of nitrogens with zero attached hydrogens (tertiary/aromatic N) is 2. The summed E-state index contributed by atoms with van der Waals surface area (Å²) in [6.07, 6.45) is 0. The maximum absolute atomic E-state index is 12.3. The van der Waals surface area contributed by atoms with E-state index in [0.717, 1.165) is 22.5 Å². The summed E-state index contributed by atoms with van der Waals surface area (Å²) in [6.45, 7) is 7.94. The lowest BCUT2D eigenvalue weighted by Gasteiger charge is -2.15. The smallest absolute Gasteiger partial charge is 0.261 e. The molecule has 0 atom stereocenters. The minimum absolute atomic E-state index is 0.188. The summed E-state index contributed by atoms with van der Waals surface area (Å²) < 4.78 is 2.22. The van der Waals surface area contributed by atoms with Gasteiger partial charge in [0.05, 0.1) is 11.1 Å². The number of nitrogens with one attached hydrogen (secondary N) is 1. The van der Waals surface area contributed by atoms with Gasteiger partial charge in [-0.05, 0) is 68.7 Å². The molecule has 5 heteroatoms. The molecule has 0 bridgehead atoms. The van der Waals surface area contributed by atoms with Gasteiger partial charge in [0.2, 0.25) is 0 Å². The molecule has 0 saturated carbocycles. The summed E-state index contributed by atoms with van der Waals surface area (Å²) in [4.78, 5) is 19.6. The molecular formula is C17H17N3OS. The number of aromatic nitrogens is 3. The summed E-state index contributed by atoms with van der Waals surface area (Å²) in [6, 6.07) is 7.95. The lowest BCUT2D eigenvalue weighted by Crippen LogP contribution is -2.17. The number of rotatable bonds is 1. The minimum atomic E-state index is -0.188. The molecule has 22 heavy (non-hydrogen) atoms. The normalized spacial score (nSPS) is 11.1. The number of aromatic amines is 1. The van der Waals surface area contributed by atoms with E-state index >= 15 is 0 Å². The molecule has 0 amide bonds. The average molecular weight is 311 g/mol. The molecular weight excluding hydrogens is 294 g/mol. The molecule has 4 nitrogen and oxygen atoms in total. The van der Waals surface area contributed by atoms with Crippen LogP contribution in [0.1, 0.15) is 22.4 Å². The van der Waals surface area contributed by atoms with Crippen molar-refractivity contribution in [2.24, 2.45) is 0 Å². The Hall–Kier alpha value is -2.27. The fourth-order valence-electron chi connectivity index (χ4n) is 2.77. The zero-order valence-electron chi connectivity index (χ0n) is 13.0. The zero-order valence-corrected chi connectivity index (χ0v) is 13.8. The third-order valence-electron chi connectivity index (χ3n) is 4.00. The van der Waals surface area contributed by atoms with Gasteiger partial charge in [-0.3, -0.25) is 14.3 Å². The summed E-state index contributed by atoms with van der Waals surface area (Å²) in [5.74, 6) is 0. The van der Waals surface area contributed by atoms with Crippen LogP contribution in [0.15, 0.2) is 29.1 Å². The third-order valence-corrected chi connectivity index (χ3v) is 4.29. The Morgan fingerprint density at radius 1 is 1.14 bits per heavy atom. The van der Waals surface area contributed by atoms with E-state index in [1.54, 1.807) is 0 Å². The van der Waals surface area contributed by atoms with Crippen LogP contribution in [-0.4, -0.2) is 14.5 Å². The monoisotopic (exact) mass is 311 g/mol. The van der Waals surface area contributed by atoms with E-state index in [9.17, 15) is 4.79 Å². The Bertz CT molecular complexity index is 1010. The van der Waals surface area contributed by atoms with Gasteiger partial charge in [0, 0.05) is 5.69 Å². The molecule has 1 aromatic carbocycles. The highest BCUT2D eigenvalue weighted by Crippen LogP contribution is 2.22. The quantitative estimate of drug-likeness (QED) is 0.698. The molecule has 0 saturated heterocycles. The SMILES string of the molecule is Cc1cc(C)c2c(=O)[nH]c(=S)n(-c3cccc(C)c3C)c2n1. The van der Waals surface area contributed by atoms with Gasteiger partial charge < -0.3 is 0 Å². The molecule has 0 aliphatic heterocycles. The molecule has 0 aliphatic rings. The van der Waals surface area contributed by atoms with Crippen LogP contribution in [0.3, 0.4) is 0 Å². The lowest BCUT2D eigenvalue weighted by molar-refractivity contribution is 0.947. The van der Waals surface area contributed by atoms with Gasteiger partial charge in [-0.25, -0.2) is 4.98 Å². The van der Waals surface area contributed by atoms with Crippen molar-refractivity contribution in [3.63, 3.8) is 0 Å². The number of fused-ring (bicyclic) bond motifs is 1. The number of benzene rings is 1. The second-order valence-corrected chi connectivity index (χ2v) is 5.98. The van der Waals surface area contributed by atoms with Gasteiger partial charge in [-0.15, -0.1) is 0 Å². The zero-order chi connectivity index (χ0) is 16.0. The Kier molecular flexibility index (Phi) is 3.45. The summed E-state index contributed by atoms with van der Waals surface area (Å²) in [5.41, 5.74) is 5.42. The van der Waals surface area contributed by atoms with Crippen molar-refractivity contribution in [1.82, 2.24) is 14.5 Å². The van der Waals surface area contributed by atoms with Crippen LogP contribution in [0.2, 0.25) is 0 Å². The molecule has 3 rings (SSSR count). The van der Waals surface area contributed by atoms with Gasteiger partial charge in [0.1, 0.15) is 0 Å². The summed E-state index contributed by atoms with van der Waals surface area (Å²) in [5, 5.41) is 0.583. The van der Waals surface area contributed by atoms with E-state index in [1.807, 2.05) is 43.5 Å². The highest BCUT2D eigenvalue weighted by Gasteiger charge is 2.13. The van der Waals surface area contributed by atoms with E-state index in [-0.39, 0.29) is 5.56 Å². The van der Waals surface area contributed by atoms with E-state index in [4.69, 9.17) is 12.2 Å². The molecule has 0 radical (unpaired) electrons. The standard InChI is InChI=1S/C17H17N3OS/c1-9-6-5-7-13(12(9)4)20-15-14(16(21)19-17(20)22)10(2)8-11(3)18-15/h5-8H,1-4H3,(H,19,21,22). The number of hydrogen-bond donors (Lipinski definition) is 1. The molecule has 2 aromatic heterocycles. The van der Waals surface area contributed by atoms with E-state index in [2.05, 4.69) is 23.0 Å². The summed E-state index contributed by atoms with van der Waals surface area (Å²) in [7, 11) is 0. The second-order valence-electron chi connectivity index (χ2n) is 5.59. The van der Waals surface area contributed by atoms with Crippen molar-refractivity contribution in [3.8, 4) is 5.69 Å². The number of H-pyrrole nitrogens is 1. The second kappa shape index (κ2) is 5.18. The van der Waals surface area contributed by atoms with Crippen molar-refractivity contribution < 1.29 is 0 Å². The molecule has 0 unspecified atom stereocenters. The van der Waals surface area contributed by atoms with Crippen molar-refractivity contribution in [2.75, 3.05) is 0 Å². The molecule has 3 aromatic rings. The van der Waals surface area contributed by atoms with Crippen molar-refractivity contribution in [1.29, 1.82) is 0 Å². The van der Waals surface area contributed by atoms with Crippen LogP contribution in [0.5, 0.6) is 0 Å². The largest absolute Gasteiger partial charge is 0.298 e. The van der Waals surface area contributed by atoms with Gasteiger partial charge in [0.25, 0.3) is 5.56 Å². The number of hydrogen-bond acceptors (Lipinski definition) is 3. The number of pyridine rings is 1. The van der Waals surface area contributed by atoms with Crippen LogP contribution in [0.25, 0.3) is 16.7 Å². The maximum Gasteiger partial charge on any atom is 0.261 e. The Morgan fingerprint density at radius 2 is 1.86 bits per heavy atom. The third kappa shape index (κ3) is 2.18. The predicted octanol–water partition coefficient (Wildman–Crippen LogP) is 3.68. The van der Waals surface area contributed by atoms with E-state index < -0.39 is 0 Å². The molecule has 0 fully saturated rings. The molecule has 0 aliphatic carbocycles. The maximum atomic E-state index is 12.3. The Balaban J connectivity index is 2.57. The summed E-state index contributed by atoms with van der Waals surface area (Å²) >= 11 is 5.41. The first-order valence-electron chi connectivity index (χ1n) is 7.10. The molecule has 2 heterocycles. The molecule has 112 valence electrons. The van der Waals surface area contributed by atoms with Gasteiger partial charge in [0.15, 0.2) is 10.4 Å². The van der Waals surface area contributed by atoms with Crippen LogP contribution < -0.4 is 5.56 Å². The highest BCUT2D eigenvalue weighted by atomic mass is 32.1. The van der Waals surface area contributed by atoms with Crippen LogP contribution in [0.4, 0.5) is 0 Å². The average Bonchev–Trinajstić information content (AvgIpc) is 2.42. The lowest BCUT2D eigenvalue weighted by atomic mass is 10.1.